The number of fused-ring (bicyclic) bond motifs is 1. The van der Waals surface area contributed by atoms with Gasteiger partial charge in [0.15, 0.2) is 0 Å². The van der Waals surface area contributed by atoms with E-state index >= 15 is 0 Å². The summed E-state index contributed by atoms with van der Waals surface area (Å²) in [6.07, 6.45) is 7.20. The quantitative estimate of drug-likeness (QED) is 0.265. The van der Waals surface area contributed by atoms with E-state index in [-0.39, 0.29) is 23.9 Å². The lowest BCUT2D eigenvalue weighted by molar-refractivity contribution is 0.0664. The van der Waals surface area contributed by atoms with Gasteiger partial charge in [0.05, 0.1) is 22.5 Å². The van der Waals surface area contributed by atoms with Crippen LogP contribution in [0.2, 0.25) is 0 Å². The van der Waals surface area contributed by atoms with Gasteiger partial charge in [-0.15, -0.1) is 0 Å². The molecule has 2 heterocycles. The van der Waals surface area contributed by atoms with E-state index in [1.54, 1.807) is 12.4 Å². The van der Waals surface area contributed by atoms with Gasteiger partial charge in [-0.05, 0) is 72.1 Å². The minimum Gasteiger partial charge on any atom is -0.397 e. The normalized spacial score (nSPS) is 20.3. The molecule has 3 aromatic rings. The number of nitrogens with one attached hydrogen (secondary N) is 2. The topological polar surface area (TPSA) is 104 Å². The molecule has 4 N–H and O–H groups in total. The van der Waals surface area contributed by atoms with Gasteiger partial charge in [-0.25, -0.2) is 0 Å². The number of nitrogens with two attached hydrogens (primary N) is 1. The number of halogens is 2. The highest BCUT2D eigenvalue weighted by atomic mass is 127. The van der Waals surface area contributed by atoms with Crippen LogP contribution in [0.4, 0.5) is 11.4 Å². The van der Waals surface area contributed by atoms with Crippen molar-refractivity contribution < 1.29 is 9.59 Å². The molecule has 0 spiro atoms. The van der Waals surface area contributed by atoms with Crippen LogP contribution in [0.1, 0.15) is 46.4 Å². The number of hydrogen-bond donors (Lipinski definition) is 3. The van der Waals surface area contributed by atoms with Crippen molar-refractivity contribution in [1.29, 1.82) is 0 Å². The molecule has 0 unspecified atom stereocenters. The summed E-state index contributed by atoms with van der Waals surface area (Å²) >= 11 is 5.78. The molecule has 200 valence electrons. The molecule has 1 aliphatic carbocycles. The number of aromatic nitrogens is 1. The SMILES string of the molecule is CN1CCN(C(=O)c2cc(Br)cc(N)c2N[C@@H]2CCCC[C@@H]2NC(=O)c2cncc3cc(I)ccc23)CC1. The second-order valence-electron chi connectivity index (χ2n) is 10.2. The smallest absolute Gasteiger partial charge is 0.256 e. The van der Waals surface area contributed by atoms with Crippen molar-refractivity contribution in [2.45, 2.75) is 37.8 Å². The number of carbonyl (C=O) groups is 2. The third-order valence-electron chi connectivity index (χ3n) is 7.53. The maximum atomic E-state index is 13.6. The highest BCUT2D eigenvalue weighted by Crippen LogP contribution is 2.33. The highest BCUT2D eigenvalue weighted by Gasteiger charge is 2.30. The van der Waals surface area contributed by atoms with Gasteiger partial charge in [-0.2, -0.15) is 0 Å². The molecule has 10 heteroatoms. The molecule has 2 atom stereocenters. The van der Waals surface area contributed by atoms with Gasteiger partial charge >= 0.3 is 0 Å². The molecule has 0 bridgehead atoms. The highest BCUT2D eigenvalue weighted by molar-refractivity contribution is 14.1. The van der Waals surface area contributed by atoms with E-state index < -0.39 is 0 Å². The number of anilines is 2. The minimum atomic E-state index is -0.138. The molecule has 5 rings (SSSR count). The first-order valence-corrected chi connectivity index (χ1v) is 14.8. The van der Waals surface area contributed by atoms with Crippen molar-refractivity contribution in [1.82, 2.24) is 20.1 Å². The average Bonchev–Trinajstić information content (AvgIpc) is 2.90. The van der Waals surface area contributed by atoms with Crippen molar-refractivity contribution in [3.63, 3.8) is 0 Å². The fraction of sp³-hybridized carbons (Fsp3) is 0.393. The molecule has 2 aliphatic rings. The molecular formula is C28H32BrIN6O2. The van der Waals surface area contributed by atoms with Gasteiger partial charge in [0.2, 0.25) is 0 Å². The van der Waals surface area contributed by atoms with Crippen molar-refractivity contribution >= 4 is 72.5 Å². The largest absolute Gasteiger partial charge is 0.397 e. The number of hydrogen-bond acceptors (Lipinski definition) is 6. The predicted octanol–water partition coefficient (Wildman–Crippen LogP) is 4.72. The van der Waals surface area contributed by atoms with Gasteiger partial charge in [-0.3, -0.25) is 14.6 Å². The van der Waals surface area contributed by atoms with Crippen molar-refractivity contribution in [3.05, 3.63) is 61.9 Å². The Labute approximate surface area is 245 Å². The summed E-state index contributed by atoms with van der Waals surface area (Å²) in [5, 5.41) is 8.68. The standard InChI is InChI=1S/C28H32BrIN6O2/c1-35-8-10-36(11-9-35)28(38)21-13-18(29)14-23(31)26(21)33-24-4-2-3-5-25(24)34-27(37)22-16-32-15-17-12-19(30)6-7-20(17)22/h6-7,12-16,24-25,33H,2-5,8-11,31H2,1H3,(H,34,37)/t24-,25+/m1/s1. The average molecular weight is 691 g/mol. The van der Waals surface area contributed by atoms with Crippen LogP contribution >= 0.6 is 38.5 Å². The van der Waals surface area contributed by atoms with E-state index in [1.807, 2.05) is 35.2 Å². The monoisotopic (exact) mass is 690 g/mol. The molecule has 38 heavy (non-hydrogen) atoms. The molecule has 1 aromatic heterocycles. The van der Waals surface area contributed by atoms with Gasteiger partial charge in [-0.1, -0.05) is 34.8 Å². The Morgan fingerprint density at radius 3 is 2.53 bits per heavy atom. The van der Waals surface area contributed by atoms with E-state index in [1.165, 1.54) is 0 Å². The summed E-state index contributed by atoms with van der Waals surface area (Å²) in [5.41, 5.74) is 8.76. The number of pyridine rings is 1. The molecule has 2 amide bonds. The summed E-state index contributed by atoms with van der Waals surface area (Å²) in [6.45, 7) is 3.05. The first-order valence-electron chi connectivity index (χ1n) is 13.0. The van der Waals surface area contributed by atoms with Gasteiger partial charge in [0.25, 0.3) is 11.8 Å². The number of rotatable bonds is 5. The molecule has 2 fully saturated rings. The Bertz CT molecular complexity index is 1360. The van der Waals surface area contributed by atoms with Crippen molar-refractivity contribution in [2.75, 3.05) is 44.3 Å². The Balaban J connectivity index is 1.38. The third kappa shape index (κ3) is 5.91. The van der Waals surface area contributed by atoms with E-state index in [4.69, 9.17) is 5.73 Å². The molecule has 0 radical (unpaired) electrons. The van der Waals surface area contributed by atoms with Crippen LogP contribution in [-0.4, -0.2) is 71.9 Å². The Kier molecular flexibility index (Phi) is 8.39. The zero-order chi connectivity index (χ0) is 26.8. The summed E-state index contributed by atoms with van der Waals surface area (Å²) in [7, 11) is 2.07. The molecule has 8 nitrogen and oxygen atoms in total. The molecule has 2 aromatic carbocycles. The molecular weight excluding hydrogens is 659 g/mol. The number of piperazine rings is 1. The lowest BCUT2D eigenvalue weighted by atomic mass is 9.89. The number of amides is 2. The third-order valence-corrected chi connectivity index (χ3v) is 8.66. The van der Waals surface area contributed by atoms with Crippen molar-refractivity contribution in [3.8, 4) is 0 Å². The number of benzene rings is 2. The summed E-state index contributed by atoms with van der Waals surface area (Å²) in [6, 6.07) is 9.51. The van der Waals surface area contributed by atoms with E-state index in [0.717, 1.165) is 57.6 Å². The zero-order valence-corrected chi connectivity index (χ0v) is 25.1. The first kappa shape index (κ1) is 27.1. The van der Waals surface area contributed by atoms with Crippen LogP contribution in [0.3, 0.4) is 0 Å². The fourth-order valence-corrected chi connectivity index (χ4v) is 6.36. The van der Waals surface area contributed by atoms with E-state index in [2.05, 4.69) is 66.1 Å². The van der Waals surface area contributed by atoms with Crippen LogP contribution in [0.25, 0.3) is 10.8 Å². The van der Waals surface area contributed by atoms with Gasteiger partial charge in [0.1, 0.15) is 0 Å². The summed E-state index contributed by atoms with van der Waals surface area (Å²) < 4.78 is 1.87. The van der Waals surface area contributed by atoms with Crippen LogP contribution in [0.5, 0.6) is 0 Å². The van der Waals surface area contributed by atoms with Crippen LogP contribution in [-0.2, 0) is 0 Å². The number of likely N-dealkylation sites (N-methyl/N-ethyl adjacent to an activating group) is 1. The predicted molar refractivity (Wildman–Crippen MR) is 164 cm³/mol. The zero-order valence-electron chi connectivity index (χ0n) is 21.3. The maximum absolute atomic E-state index is 13.6. The second kappa shape index (κ2) is 11.7. The molecule has 1 aliphatic heterocycles. The number of nitrogens with zero attached hydrogens (tertiary/aromatic N) is 3. The second-order valence-corrected chi connectivity index (χ2v) is 12.3. The van der Waals surface area contributed by atoms with Crippen molar-refractivity contribution in [2.24, 2.45) is 0 Å². The van der Waals surface area contributed by atoms with E-state index in [9.17, 15) is 9.59 Å². The van der Waals surface area contributed by atoms with Gasteiger partial charge < -0.3 is 26.2 Å². The molecule has 1 saturated heterocycles. The summed E-state index contributed by atoms with van der Waals surface area (Å²) in [4.78, 5) is 35.5. The van der Waals surface area contributed by atoms with Crippen LogP contribution in [0.15, 0.2) is 47.2 Å². The lowest BCUT2D eigenvalue weighted by Gasteiger charge is -2.36. The van der Waals surface area contributed by atoms with Gasteiger partial charge in [0, 0.05) is 64.1 Å². The van der Waals surface area contributed by atoms with Crippen LogP contribution in [0, 0.1) is 3.57 Å². The number of carbonyl (C=O) groups excluding carboxylic acids is 2. The first-order chi connectivity index (χ1) is 18.3. The van der Waals surface area contributed by atoms with Crippen LogP contribution < -0.4 is 16.4 Å². The van der Waals surface area contributed by atoms with E-state index in [0.29, 0.717) is 35.6 Å². The lowest BCUT2D eigenvalue weighted by Crippen LogP contribution is -2.49. The maximum Gasteiger partial charge on any atom is 0.256 e. The Hall–Kier alpha value is -2.44. The number of nitrogen functional groups attached to an aromatic ring is 1. The summed E-state index contributed by atoms with van der Waals surface area (Å²) in [5.74, 6) is -0.165. The molecule has 1 saturated carbocycles. The Morgan fingerprint density at radius 2 is 1.76 bits per heavy atom. The minimum absolute atomic E-state index is 0.0264. The fourth-order valence-electron chi connectivity index (χ4n) is 5.37. The Morgan fingerprint density at radius 1 is 1.03 bits per heavy atom.